The minimum Gasteiger partial charge on any atom is -0.497 e. The Morgan fingerprint density at radius 2 is 1.76 bits per heavy atom. The monoisotopic (exact) mass is 476 g/mol. The summed E-state index contributed by atoms with van der Waals surface area (Å²) in [5.41, 5.74) is 1.70. The highest BCUT2D eigenvalue weighted by molar-refractivity contribution is 6.09. The normalized spacial score (nSPS) is 31.0. The van der Waals surface area contributed by atoms with E-state index in [0.717, 1.165) is 4.68 Å². The van der Waals surface area contributed by atoms with E-state index in [0.29, 0.717) is 0 Å². The third-order valence-corrected chi connectivity index (χ3v) is 4.88. The van der Waals surface area contributed by atoms with Gasteiger partial charge in [0.05, 0.1) is 25.1 Å². The Morgan fingerprint density at radius 3 is 2.44 bits per heavy atom. The Balaban J connectivity index is 1.71. The number of piperidine rings is 1. The van der Waals surface area contributed by atoms with Crippen molar-refractivity contribution in [3.05, 3.63) is 65.4 Å². The molecule has 0 unspecified atom stereocenters. The molecule has 5 rings (SSSR count). The summed E-state index contributed by atoms with van der Waals surface area (Å²) in [6.07, 6.45) is -12.3. The molecular formula is C25H25N5O4. The molecule has 0 atom stereocenters. The first kappa shape index (κ1) is 9.61. The molecule has 1 aromatic heterocycles. The van der Waals surface area contributed by atoms with Gasteiger partial charge in [0, 0.05) is 47.3 Å². The first-order chi connectivity index (χ1) is 23.0. The van der Waals surface area contributed by atoms with Gasteiger partial charge in [0.1, 0.15) is 11.4 Å². The van der Waals surface area contributed by atoms with Crippen molar-refractivity contribution < 1.29 is 42.4 Å². The van der Waals surface area contributed by atoms with Gasteiger partial charge in [-0.3, -0.25) is 14.4 Å². The Morgan fingerprint density at radius 1 is 1.06 bits per heavy atom. The molecule has 0 radical (unpaired) electrons. The SMILES string of the molecule is [2H]c1c([2H])c(N2C(=O)C([2H])([2H])C([2H])([2H])C([2H])([2H])C2([2H])[2H])c([2H])c([2H])c1N1C(=O)c2c(c(C(N)=O)nn2-c2ccc(OC([2H])([2H])[2H])cc2)CC1([2H])[2H]. The average molecular weight is 477 g/mol. The van der Waals surface area contributed by atoms with Crippen LogP contribution in [0, 0.1) is 0 Å². The zero-order chi connectivity index (χ0) is 38.8. The standard InChI is InChI=1S/C25H25N5O4/c1-34-19-11-9-18(10-12-19)30-23-20(22(27-30)24(26)32)13-15-29(25(23)33)17-7-5-16(6-8-17)28-14-3-2-4-21(28)31/h5-12H,2-4,13-15H2,1H3,(H2,26,32)/i1D3,2D2,3D2,4D2,5D,6D,7D,8D,14D2,15D2. The number of aromatic nitrogens is 2. The summed E-state index contributed by atoms with van der Waals surface area (Å²) in [5, 5.41) is 4.05. The lowest BCUT2D eigenvalue weighted by molar-refractivity contribution is -0.119. The molecule has 9 nitrogen and oxygen atoms in total. The molecule has 9 heteroatoms. The van der Waals surface area contributed by atoms with Crippen LogP contribution < -0.4 is 20.3 Å². The molecule has 3 aromatic rings. The summed E-state index contributed by atoms with van der Waals surface area (Å²) in [6, 6.07) is -0.397. The number of ether oxygens (including phenoxy) is 1. The largest absolute Gasteiger partial charge is 0.497 e. The fraction of sp³-hybridized carbons (Fsp3) is 0.280. The number of hydrogen-bond donors (Lipinski definition) is 1. The van der Waals surface area contributed by atoms with Crippen LogP contribution in [0.25, 0.3) is 5.69 Å². The first-order valence-electron chi connectivity index (χ1n) is 18.1. The van der Waals surface area contributed by atoms with Gasteiger partial charge in [0.2, 0.25) is 5.91 Å². The molecule has 2 aliphatic rings. The van der Waals surface area contributed by atoms with Crippen LogP contribution in [0.1, 0.15) is 69.0 Å². The first-order valence-corrected chi connectivity index (χ1v) is 9.55. The van der Waals surface area contributed by atoms with Gasteiger partial charge in [0.25, 0.3) is 11.8 Å². The van der Waals surface area contributed by atoms with Crippen LogP contribution >= 0.6 is 0 Å². The van der Waals surface area contributed by atoms with E-state index in [9.17, 15) is 14.4 Å². The van der Waals surface area contributed by atoms with Gasteiger partial charge in [-0.25, -0.2) is 4.68 Å². The highest BCUT2D eigenvalue weighted by Crippen LogP contribution is 2.31. The number of fused-ring (bicyclic) bond motifs is 1. The molecule has 2 aromatic carbocycles. The van der Waals surface area contributed by atoms with Gasteiger partial charge in [-0.2, -0.15) is 5.10 Å². The maximum absolute atomic E-state index is 14.2. The van der Waals surface area contributed by atoms with Crippen molar-refractivity contribution in [2.24, 2.45) is 5.73 Å². The number of carbonyl (C=O) groups is 3. The Labute approximate surface area is 220 Å². The maximum Gasteiger partial charge on any atom is 0.277 e. The Hall–Kier alpha value is -4.14. The molecular weight excluding hydrogens is 434 g/mol. The molecule has 1 fully saturated rings. The van der Waals surface area contributed by atoms with E-state index >= 15 is 0 Å². The van der Waals surface area contributed by atoms with Crippen molar-refractivity contribution in [1.29, 1.82) is 0 Å². The Bertz CT molecular complexity index is 1980. The molecule has 2 aliphatic heterocycles. The van der Waals surface area contributed by atoms with Crippen LogP contribution in [0.15, 0.2) is 48.4 Å². The number of rotatable bonds is 5. The minimum atomic E-state index is -3.84. The molecule has 3 amide bonds. The molecule has 0 saturated carbocycles. The van der Waals surface area contributed by atoms with Crippen LogP contribution in [-0.4, -0.2) is 47.5 Å². The van der Waals surface area contributed by atoms with Crippen molar-refractivity contribution >= 4 is 29.1 Å². The van der Waals surface area contributed by atoms with E-state index in [1.807, 2.05) is 0 Å². The molecule has 0 aliphatic carbocycles. The van der Waals surface area contributed by atoms with Crippen LogP contribution in [0.4, 0.5) is 11.4 Å². The van der Waals surface area contributed by atoms with Crippen molar-refractivity contribution in [3.8, 4) is 11.4 Å². The lowest BCUT2D eigenvalue weighted by Gasteiger charge is -2.29. The lowest BCUT2D eigenvalue weighted by atomic mass is 10.0. The fourth-order valence-electron chi connectivity index (χ4n) is 3.35. The molecule has 0 spiro atoms. The third kappa shape index (κ3) is 3.68. The predicted octanol–water partition coefficient (Wildman–Crippen LogP) is 2.70. The molecule has 0 bridgehead atoms. The number of primary amides is 1. The number of hydrogen-bond acceptors (Lipinski definition) is 5. The number of methoxy groups -OCH3 is 1. The number of anilines is 2. The van der Waals surface area contributed by atoms with Gasteiger partial charge >= 0.3 is 0 Å². The number of nitrogens with two attached hydrogens (primary N) is 1. The number of amides is 3. The van der Waals surface area contributed by atoms with Gasteiger partial charge in [0.15, 0.2) is 5.69 Å². The van der Waals surface area contributed by atoms with E-state index in [1.165, 1.54) is 24.3 Å². The third-order valence-electron chi connectivity index (χ3n) is 4.88. The number of nitrogens with zero attached hydrogens (tertiary/aromatic N) is 4. The van der Waals surface area contributed by atoms with Gasteiger partial charge in [-0.1, -0.05) is 0 Å². The van der Waals surface area contributed by atoms with Crippen molar-refractivity contribution in [2.75, 3.05) is 29.8 Å². The molecule has 174 valence electrons. The van der Waals surface area contributed by atoms with Crippen molar-refractivity contribution in [3.63, 3.8) is 0 Å². The number of benzene rings is 2. The van der Waals surface area contributed by atoms with Crippen molar-refractivity contribution in [2.45, 2.75) is 25.5 Å². The maximum atomic E-state index is 14.2. The minimum absolute atomic E-state index is 0.00319. The zero-order valence-electron chi connectivity index (χ0n) is 34.0. The van der Waals surface area contributed by atoms with E-state index in [-0.39, 0.29) is 26.8 Å². The molecule has 3 heterocycles. The molecule has 1 saturated heterocycles. The van der Waals surface area contributed by atoms with Crippen LogP contribution in [0.2, 0.25) is 0 Å². The summed E-state index contributed by atoms with van der Waals surface area (Å²) in [5.74, 6) is -4.77. The van der Waals surface area contributed by atoms with E-state index < -0.39 is 110 Å². The van der Waals surface area contributed by atoms with Crippen LogP contribution in [0.3, 0.4) is 0 Å². The topological polar surface area (TPSA) is 111 Å². The van der Waals surface area contributed by atoms with E-state index in [2.05, 4.69) is 5.10 Å². The van der Waals surface area contributed by atoms with E-state index in [1.54, 1.807) is 0 Å². The second-order valence-corrected chi connectivity index (χ2v) is 6.85. The van der Waals surface area contributed by atoms with Crippen molar-refractivity contribution in [1.82, 2.24) is 9.78 Å². The summed E-state index contributed by atoms with van der Waals surface area (Å²) >= 11 is 0. The fourth-order valence-corrected chi connectivity index (χ4v) is 3.35. The predicted molar refractivity (Wildman–Crippen MR) is 127 cm³/mol. The second-order valence-electron chi connectivity index (χ2n) is 6.85. The van der Waals surface area contributed by atoms with Gasteiger partial charge in [-0.15, -0.1) is 0 Å². The van der Waals surface area contributed by atoms with Gasteiger partial charge in [-0.05, 0) is 67.6 Å². The zero-order valence-corrected chi connectivity index (χ0v) is 17.0. The average Bonchev–Trinajstić information content (AvgIpc) is 3.37. The van der Waals surface area contributed by atoms with E-state index in [4.69, 9.17) is 33.8 Å². The smallest absolute Gasteiger partial charge is 0.277 e. The quantitative estimate of drug-likeness (QED) is 0.609. The number of carbonyl (C=O) groups excluding carboxylic acids is 3. The second kappa shape index (κ2) is 8.66. The Kier molecular flexibility index (Phi) is 2.45. The summed E-state index contributed by atoms with van der Waals surface area (Å²) < 4.78 is 144. The summed E-state index contributed by atoms with van der Waals surface area (Å²) in [6.45, 7) is -6.77. The van der Waals surface area contributed by atoms with Gasteiger partial charge < -0.3 is 20.3 Å². The van der Waals surface area contributed by atoms with Crippen LogP contribution in [0.5, 0.6) is 5.75 Å². The molecule has 2 N–H and O–H groups in total. The van der Waals surface area contributed by atoms with Crippen LogP contribution in [-0.2, 0) is 11.2 Å². The summed E-state index contributed by atoms with van der Waals surface area (Å²) in [4.78, 5) is 39.8. The highest BCUT2D eigenvalue weighted by Gasteiger charge is 2.34. The summed E-state index contributed by atoms with van der Waals surface area (Å²) in [7, 11) is -2.81. The molecule has 34 heavy (non-hydrogen) atoms. The highest BCUT2D eigenvalue weighted by atomic mass is 16.5. The lowest BCUT2D eigenvalue weighted by Crippen LogP contribution is -2.39.